The van der Waals surface area contributed by atoms with Crippen LogP contribution in [0.4, 0.5) is 0 Å². The third-order valence-electron chi connectivity index (χ3n) is 5.87. The maximum absolute atomic E-state index is 12.4. The lowest BCUT2D eigenvalue weighted by atomic mass is 9.99. The van der Waals surface area contributed by atoms with E-state index in [0.717, 1.165) is 18.0 Å². The first-order valence-corrected chi connectivity index (χ1v) is 10.9. The Morgan fingerprint density at radius 3 is 2.48 bits per heavy atom. The largest absolute Gasteiger partial charge is 0.454 e. The van der Waals surface area contributed by atoms with Gasteiger partial charge in [0.2, 0.25) is 0 Å². The van der Waals surface area contributed by atoms with Crippen LogP contribution >= 0.6 is 0 Å². The van der Waals surface area contributed by atoms with Gasteiger partial charge in [-0.25, -0.2) is 0 Å². The minimum absolute atomic E-state index is 0.108. The van der Waals surface area contributed by atoms with E-state index in [-0.39, 0.29) is 17.2 Å². The van der Waals surface area contributed by atoms with Gasteiger partial charge in [-0.1, -0.05) is 37.3 Å². The van der Waals surface area contributed by atoms with Gasteiger partial charge in [-0.05, 0) is 61.2 Å². The minimum Gasteiger partial charge on any atom is -0.454 e. The maximum Gasteiger partial charge on any atom is 0.287 e. The number of likely N-dealkylation sites (tertiary alicyclic amines) is 1. The highest BCUT2D eigenvalue weighted by Gasteiger charge is 2.16. The summed E-state index contributed by atoms with van der Waals surface area (Å²) in [5.74, 6) is 1.39. The van der Waals surface area contributed by atoms with Crippen LogP contribution < -0.4 is 10.9 Å². The van der Waals surface area contributed by atoms with Crippen molar-refractivity contribution in [2.24, 2.45) is 5.92 Å². The monoisotopic (exact) mass is 419 g/mol. The fraction of sp³-hybridized carbons (Fsp3) is 0.360. The Kier molecular flexibility index (Phi) is 6.67. The quantitative estimate of drug-likeness (QED) is 0.635. The average molecular weight is 420 g/mol. The molecule has 0 aliphatic carbocycles. The summed E-state index contributed by atoms with van der Waals surface area (Å²) in [6, 6.07) is 16.8. The Labute approximate surface area is 182 Å². The molecule has 1 amide bonds. The molecule has 31 heavy (non-hydrogen) atoms. The molecule has 1 aliphatic rings. The third kappa shape index (κ3) is 5.73. The molecule has 2 aromatic heterocycles. The zero-order valence-electron chi connectivity index (χ0n) is 17.9. The van der Waals surface area contributed by atoms with Gasteiger partial charge >= 0.3 is 0 Å². The first kappa shape index (κ1) is 21.1. The van der Waals surface area contributed by atoms with Gasteiger partial charge in [0, 0.05) is 25.4 Å². The minimum atomic E-state index is -0.266. The number of aromatic nitrogens is 1. The number of nitrogens with zero attached hydrogens (tertiary/aromatic N) is 2. The molecule has 1 N–H and O–H groups in total. The summed E-state index contributed by atoms with van der Waals surface area (Å²) in [7, 11) is 0. The predicted molar refractivity (Wildman–Crippen MR) is 120 cm³/mol. The van der Waals surface area contributed by atoms with E-state index in [0.29, 0.717) is 18.8 Å². The fourth-order valence-corrected chi connectivity index (χ4v) is 3.85. The van der Waals surface area contributed by atoms with Gasteiger partial charge in [0.25, 0.3) is 11.5 Å². The molecule has 0 atom stereocenters. The Balaban J connectivity index is 1.27. The Morgan fingerprint density at radius 2 is 1.74 bits per heavy atom. The highest BCUT2D eigenvalue weighted by atomic mass is 16.4. The Morgan fingerprint density at radius 1 is 1.00 bits per heavy atom. The van der Waals surface area contributed by atoms with Crippen molar-refractivity contribution in [2.75, 3.05) is 13.1 Å². The fourth-order valence-electron chi connectivity index (χ4n) is 3.85. The lowest BCUT2D eigenvalue weighted by molar-refractivity contribution is 0.0921. The molecular formula is C25H29N3O3. The number of piperidine rings is 1. The van der Waals surface area contributed by atoms with Crippen LogP contribution in [0.5, 0.6) is 0 Å². The summed E-state index contributed by atoms with van der Waals surface area (Å²) in [5, 5.41) is 2.90. The number of hydrogen-bond donors (Lipinski definition) is 1. The third-order valence-corrected chi connectivity index (χ3v) is 5.87. The van der Waals surface area contributed by atoms with Gasteiger partial charge in [0.05, 0.1) is 6.54 Å². The zero-order chi connectivity index (χ0) is 21.6. The number of pyridine rings is 1. The number of benzene rings is 1. The van der Waals surface area contributed by atoms with Crippen LogP contribution in [0.15, 0.2) is 70.0 Å². The van der Waals surface area contributed by atoms with Crippen LogP contribution in [0.1, 0.15) is 47.2 Å². The van der Waals surface area contributed by atoms with E-state index in [4.69, 9.17) is 4.42 Å². The van der Waals surface area contributed by atoms with E-state index in [1.54, 1.807) is 30.5 Å². The molecule has 6 nitrogen and oxygen atoms in total. The topological polar surface area (TPSA) is 67.5 Å². The molecule has 0 saturated carbocycles. The van der Waals surface area contributed by atoms with Crippen molar-refractivity contribution in [2.45, 2.75) is 39.4 Å². The van der Waals surface area contributed by atoms with E-state index >= 15 is 0 Å². The molecule has 0 unspecified atom stereocenters. The van der Waals surface area contributed by atoms with Crippen LogP contribution in [-0.2, 0) is 19.6 Å². The number of furan rings is 1. The molecule has 3 heterocycles. The van der Waals surface area contributed by atoms with Gasteiger partial charge in [0.1, 0.15) is 5.76 Å². The summed E-state index contributed by atoms with van der Waals surface area (Å²) >= 11 is 0. The Bertz CT molecular complexity index is 1060. The van der Waals surface area contributed by atoms with Gasteiger partial charge in [-0.15, -0.1) is 0 Å². The molecule has 1 fully saturated rings. The van der Waals surface area contributed by atoms with Crippen molar-refractivity contribution in [1.82, 2.24) is 14.8 Å². The van der Waals surface area contributed by atoms with Crippen molar-refractivity contribution in [3.63, 3.8) is 0 Å². The SMILES string of the molecule is CC1CCN(Cc2ccc(CNC(=O)c3ccc(Cn4ccccc4=O)o3)cc2)CC1. The van der Waals surface area contributed by atoms with Crippen molar-refractivity contribution in [1.29, 1.82) is 0 Å². The average Bonchev–Trinajstić information content (AvgIpc) is 3.25. The van der Waals surface area contributed by atoms with Gasteiger partial charge < -0.3 is 14.3 Å². The first-order chi connectivity index (χ1) is 15.1. The van der Waals surface area contributed by atoms with Crippen molar-refractivity contribution in [3.05, 3.63) is 93.8 Å². The number of rotatable bonds is 7. The van der Waals surface area contributed by atoms with E-state index in [2.05, 4.69) is 41.4 Å². The van der Waals surface area contributed by atoms with Crippen molar-refractivity contribution >= 4 is 5.91 Å². The predicted octanol–water partition coefficient (Wildman–Crippen LogP) is 3.65. The molecule has 162 valence electrons. The second kappa shape index (κ2) is 9.79. The summed E-state index contributed by atoms with van der Waals surface area (Å²) < 4.78 is 7.16. The molecule has 1 aromatic carbocycles. The highest BCUT2D eigenvalue weighted by molar-refractivity contribution is 5.91. The lowest BCUT2D eigenvalue weighted by Crippen LogP contribution is -2.32. The van der Waals surface area contributed by atoms with E-state index in [1.165, 1.54) is 42.1 Å². The van der Waals surface area contributed by atoms with Crippen LogP contribution in [0.2, 0.25) is 0 Å². The molecular weight excluding hydrogens is 390 g/mol. The number of nitrogens with one attached hydrogen (secondary N) is 1. The summed E-state index contributed by atoms with van der Waals surface area (Å²) in [6.45, 7) is 6.39. The second-order valence-corrected chi connectivity index (χ2v) is 8.39. The standard InChI is InChI=1S/C25H29N3O3/c1-19-11-14-27(15-12-19)17-21-7-5-20(6-8-21)16-26-25(30)23-10-9-22(31-23)18-28-13-3-2-4-24(28)29/h2-10,13,19H,11-12,14-18H2,1H3,(H,26,30). The summed E-state index contributed by atoms with van der Waals surface area (Å²) in [6.07, 6.45) is 4.25. The van der Waals surface area contributed by atoms with Crippen molar-refractivity contribution in [3.8, 4) is 0 Å². The van der Waals surface area contributed by atoms with E-state index in [1.807, 2.05) is 0 Å². The molecule has 6 heteroatoms. The van der Waals surface area contributed by atoms with Gasteiger partial charge in [-0.2, -0.15) is 0 Å². The number of carbonyl (C=O) groups is 1. The van der Waals surface area contributed by atoms with Crippen LogP contribution in [0.3, 0.4) is 0 Å². The smallest absolute Gasteiger partial charge is 0.287 e. The molecule has 0 bridgehead atoms. The summed E-state index contributed by atoms with van der Waals surface area (Å²) in [5.41, 5.74) is 2.24. The number of amides is 1. The van der Waals surface area contributed by atoms with Crippen LogP contribution in [0.25, 0.3) is 0 Å². The molecule has 3 aromatic rings. The molecule has 4 rings (SSSR count). The molecule has 1 aliphatic heterocycles. The molecule has 0 spiro atoms. The van der Waals surface area contributed by atoms with Crippen LogP contribution in [-0.4, -0.2) is 28.5 Å². The van der Waals surface area contributed by atoms with Gasteiger partial charge in [-0.3, -0.25) is 14.5 Å². The van der Waals surface area contributed by atoms with Gasteiger partial charge in [0.15, 0.2) is 5.76 Å². The normalized spacial score (nSPS) is 15.1. The molecule has 1 saturated heterocycles. The van der Waals surface area contributed by atoms with E-state index < -0.39 is 0 Å². The van der Waals surface area contributed by atoms with Crippen molar-refractivity contribution < 1.29 is 9.21 Å². The Hall–Kier alpha value is -3.12. The first-order valence-electron chi connectivity index (χ1n) is 10.9. The number of carbonyl (C=O) groups excluding carboxylic acids is 1. The maximum atomic E-state index is 12.4. The summed E-state index contributed by atoms with van der Waals surface area (Å²) in [4.78, 5) is 26.7. The molecule has 0 radical (unpaired) electrons. The van der Waals surface area contributed by atoms with E-state index in [9.17, 15) is 9.59 Å². The second-order valence-electron chi connectivity index (χ2n) is 8.39. The lowest BCUT2D eigenvalue weighted by Gasteiger charge is -2.30. The highest BCUT2D eigenvalue weighted by Crippen LogP contribution is 2.18. The van der Waals surface area contributed by atoms with Crippen LogP contribution in [0, 0.1) is 5.92 Å². The zero-order valence-corrected chi connectivity index (χ0v) is 17.9. The number of hydrogen-bond acceptors (Lipinski definition) is 4.